The Bertz CT molecular complexity index is 554. The van der Waals surface area contributed by atoms with Crippen LogP contribution in [-0.2, 0) is 0 Å². The molecule has 0 atom stereocenters. The molecule has 1 fully saturated rings. The van der Waals surface area contributed by atoms with Gasteiger partial charge in [0.25, 0.3) is 5.91 Å². The van der Waals surface area contributed by atoms with Crippen LogP contribution >= 0.6 is 0 Å². The fourth-order valence-electron chi connectivity index (χ4n) is 2.86. The maximum absolute atomic E-state index is 11.9. The van der Waals surface area contributed by atoms with Gasteiger partial charge in [-0.25, -0.2) is 0 Å². The Kier molecular flexibility index (Phi) is 3.81. The second kappa shape index (κ2) is 5.90. The summed E-state index contributed by atoms with van der Waals surface area (Å²) < 4.78 is 0. The Hall–Kier alpha value is -2.10. The highest BCUT2D eigenvalue weighted by Crippen LogP contribution is 2.32. The summed E-state index contributed by atoms with van der Waals surface area (Å²) in [5.74, 6) is 0.536. The van der Waals surface area contributed by atoms with Gasteiger partial charge in [-0.15, -0.1) is 0 Å². The summed E-state index contributed by atoms with van der Waals surface area (Å²) in [6, 6.07) is 9.90. The normalized spacial score (nSPS) is 16.0. The number of amides is 1. The van der Waals surface area contributed by atoms with Gasteiger partial charge >= 0.3 is 0 Å². The highest BCUT2D eigenvalue weighted by Gasteiger charge is 2.15. The van der Waals surface area contributed by atoms with Crippen LogP contribution in [0.2, 0.25) is 0 Å². The topological polar surface area (TPSA) is 57.8 Å². The third-order valence-corrected chi connectivity index (χ3v) is 3.99. The molecular weight excluding hydrogens is 250 g/mol. The molecule has 1 aliphatic rings. The van der Waals surface area contributed by atoms with E-state index in [0.717, 1.165) is 5.69 Å². The standard InChI is InChI=1S/C16H19N3O/c20-16(15-10-11-17-19-15)18-14-8-6-13(7-9-14)12-4-2-1-3-5-12/h6-12H,1-5H2,(H,17,19)(H,18,20). The van der Waals surface area contributed by atoms with Crippen molar-refractivity contribution in [1.82, 2.24) is 10.2 Å². The van der Waals surface area contributed by atoms with E-state index in [0.29, 0.717) is 11.6 Å². The first-order chi connectivity index (χ1) is 9.83. The summed E-state index contributed by atoms with van der Waals surface area (Å²) in [5, 5.41) is 9.30. The van der Waals surface area contributed by atoms with Crippen LogP contribution in [0.15, 0.2) is 36.5 Å². The first-order valence-corrected chi connectivity index (χ1v) is 7.23. The molecule has 20 heavy (non-hydrogen) atoms. The van der Waals surface area contributed by atoms with Crippen molar-refractivity contribution in [2.45, 2.75) is 38.0 Å². The summed E-state index contributed by atoms with van der Waals surface area (Å²) in [6.07, 6.45) is 8.20. The summed E-state index contributed by atoms with van der Waals surface area (Å²) in [6.45, 7) is 0. The average molecular weight is 269 g/mol. The minimum absolute atomic E-state index is 0.159. The van der Waals surface area contributed by atoms with Gasteiger partial charge in [0.2, 0.25) is 0 Å². The molecule has 2 N–H and O–H groups in total. The molecule has 4 nitrogen and oxygen atoms in total. The number of rotatable bonds is 3. The molecule has 0 spiro atoms. The molecule has 4 heteroatoms. The number of carbonyl (C=O) groups is 1. The number of benzene rings is 1. The molecule has 2 aromatic rings. The molecule has 0 unspecified atom stereocenters. The SMILES string of the molecule is O=C(Nc1ccc(C2CCCCC2)cc1)c1ccn[nH]1. The molecule has 0 saturated heterocycles. The predicted molar refractivity (Wildman–Crippen MR) is 78.8 cm³/mol. The first-order valence-electron chi connectivity index (χ1n) is 7.23. The van der Waals surface area contributed by atoms with Crippen LogP contribution in [-0.4, -0.2) is 16.1 Å². The largest absolute Gasteiger partial charge is 0.321 e. The average Bonchev–Trinajstić information content (AvgIpc) is 3.03. The summed E-state index contributed by atoms with van der Waals surface area (Å²) in [4.78, 5) is 11.9. The van der Waals surface area contributed by atoms with Crippen LogP contribution in [0.4, 0.5) is 5.69 Å². The van der Waals surface area contributed by atoms with E-state index in [2.05, 4.69) is 27.6 Å². The zero-order valence-electron chi connectivity index (χ0n) is 11.4. The molecule has 1 aromatic carbocycles. The Morgan fingerprint density at radius 2 is 1.85 bits per heavy atom. The Balaban J connectivity index is 1.65. The van der Waals surface area contributed by atoms with E-state index < -0.39 is 0 Å². The monoisotopic (exact) mass is 269 g/mol. The lowest BCUT2D eigenvalue weighted by atomic mass is 9.84. The van der Waals surface area contributed by atoms with Gasteiger partial charge in [0.1, 0.15) is 5.69 Å². The lowest BCUT2D eigenvalue weighted by Crippen LogP contribution is -2.12. The molecule has 0 aliphatic heterocycles. The van der Waals surface area contributed by atoms with E-state index in [9.17, 15) is 4.79 Å². The van der Waals surface area contributed by atoms with Gasteiger partial charge in [0.05, 0.1) is 0 Å². The molecule has 104 valence electrons. The van der Waals surface area contributed by atoms with E-state index in [4.69, 9.17) is 0 Å². The number of aromatic amines is 1. The summed E-state index contributed by atoms with van der Waals surface area (Å²) in [7, 11) is 0. The van der Waals surface area contributed by atoms with Crippen molar-refractivity contribution in [3.05, 3.63) is 47.8 Å². The number of aromatic nitrogens is 2. The molecule has 1 heterocycles. The maximum atomic E-state index is 11.9. The Morgan fingerprint density at radius 3 is 2.50 bits per heavy atom. The predicted octanol–water partition coefficient (Wildman–Crippen LogP) is 3.71. The van der Waals surface area contributed by atoms with Crippen molar-refractivity contribution in [1.29, 1.82) is 0 Å². The van der Waals surface area contributed by atoms with Crippen molar-refractivity contribution in [2.75, 3.05) is 5.32 Å². The third kappa shape index (κ3) is 2.90. The summed E-state index contributed by atoms with van der Waals surface area (Å²) >= 11 is 0. The number of H-pyrrole nitrogens is 1. The molecule has 1 aromatic heterocycles. The van der Waals surface area contributed by atoms with E-state index >= 15 is 0 Å². The molecule has 0 radical (unpaired) electrons. The van der Waals surface area contributed by atoms with Gasteiger partial charge in [0, 0.05) is 11.9 Å². The molecule has 1 aliphatic carbocycles. The van der Waals surface area contributed by atoms with Crippen molar-refractivity contribution < 1.29 is 4.79 Å². The number of hydrogen-bond donors (Lipinski definition) is 2. The van der Waals surface area contributed by atoms with Crippen LogP contribution in [0, 0.1) is 0 Å². The van der Waals surface area contributed by atoms with Crippen LogP contribution in [0.5, 0.6) is 0 Å². The van der Waals surface area contributed by atoms with Gasteiger partial charge in [-0.1, -0.05) is 31.4 Å². The van der Waals surface area contributed by atoms with Gasteiger partial charge in [-0.3, -0.25) is 9.89 Å². The minimum Gasteiger partial charge on any atom is -0.321 e. The van der Waals surface area contributed by atoms with E-state index in [1.54, 1.807) is 12.3 Å². The van der Waals surface area contributed by atoms with E-state index in [1.807, 2.05) is 12.1 Å². The summed E-state index contributed by atoms with van der Waals surface area (Å²) in [5.41, 5.74) is 2.69. The van der Waals surface area contributed by atoms with Crippen molar-refractivity contribution in [2.24, 2.45) is 0 Å². The van der Waals surface area contributed by atoms with Crippen LogP contribution in [0.25, 0.3) is 0 Å². The second-order valence-electron chi connectivity index (χ2n) is 5.38. The van der Waals surface area contributed by atoms with E-state index in [-0.39, 0.29) is 5.91 Å². The van der Waals surface area contributed by atoms with Gasteiger partial charge in [-0.05, 0) is 42.5 Å². The third-order valence-electron chi connectivity index (χ3n) is 3.99. The smallest absolute Gasteiger partial charge is 0.273 e. The Morgan fingerprint density at radius 1 is 1.10 bits per heavy atom. The highest BCUT2D eigenvalue weighted by atomic mass is 16.1. The molecule has 1 amide bonds. The van der Waals surface area contributed by atoms with Crippen molar-refractivity contribution in [3.63, 3.8) is 0 Å². The second-order valence-corrected chi connectivity index (χ2v) is 5.38. The van der Waals surface area contributed by atoms with Crippen LogP contribution < -0.4 is 5.32 Å². The quantitative estimate of drug-likeness (QED) is 0.892. The highest BCUT2D eigenvalue weighted by molar-refractivity contribution is 6.02. The zero-order valence-corrected chi connectivity index (χ0v) is 11.4. The lowest BCUT2D eigenvalue weighted by molar-refractivity contribution is 0.102. The minimum atomic E-state index is -0.159. The molecule has 0 bridgehead atoms. The number of nitrogens with one attached hydrogen (secondary N) is 2. The lowest BCUT2D eigenvalue weighted by Gasteiger charge is -2.22. The van der Waals surface area contributed by atoms with E-state index in [1.165, 1.54) is 37.7 Å². The number of nitrogens with zero attached hydrogens (tertiary/aromatic N) is 1. The maximum Gasteiger partial charge on any atom is 0.273 e. The first kappa shape index (κ1) is 12.9. The number of hydrogen-bond acceptors (Lipinski definition) is 2. The molecular formula is C16H19N3O. The van der Waals surface area contributed by atoms with Crippen molar-refractivity contribution in [3.8, 4) is 0 Å². The fraction of sp³-hybridized carbons (Fsp3) is 0.375. The van der Waals surface area contributed by atoms with Crippen molar-refractivity contribution >= 4 is 11.6 Å². The number of anilines is 1. The Labute approximate surface area is 118 Å². The van der Waals surface area contributed by atoms with Gasteiger partial charge < -0.3 is 5.32 Å². The van der Waals surface area contributed by atoms with Gasteiger partial charge in [-0.2, -0.15) is 5.10 Å². The zero-order chi connectivity index (χ0) is 13.8. The van der Waals surface area contributed by atoms with Gasteiger partial charge in [0.15, 0.2) is 0 Å². The fourth-order valence-corrected chi connectivity index (χ4v) is 2.86. The van der Waals surface area contributed by atoms with Crippen LogP contribution in [0.3, 0.4) is 0 Å². The molecule has 1 saturated carbocycles. The molecule has 3 rings (SSSR count). The van der Waals surface area contributed by atoms with Crippen LogP contribution in [0.1, 0.15) is 54.1 Å². The number of carbonyl (C=O) groups excluding carboxylic acids is 1.